The van der Waals surface area contributed by atoms with Gasteiger partial charge in [0, 0.05) is 13.2 Å². The summed E-state index contributed by atoms with van der Waals surface area (Å²) in [6.45, 7) is 4.83. The van der Waals surface area contributed by atoms with E-state index in [1.54, 1.807) is 0 Å². The van der Waals surface area contributed by atoms with Crippen molar-refractivity contribution < 1.29 is 5.11 Å². The first-order chi connectivity index (χ1) is 10.4. The van der Waals surface area contributed by atoms with Gasteiger partial charge in [0.05, 0.1) is 0 Å². The molecular formula is C19H39NO. The van der Waals surface area contributed by atoms with Gasteiger partial charge in [0.25, 0.3) is 0 Å². The van der Waals surface area contributed by atoms with E-state index in [0.29, 0.717) is 6.61 Å². The van der Waals surface area contributed by atoms with Crippen molar-refractivity contribution >= 4 is 6.72 Å². The molecule has 0 aromatic heterocycles. The maximum absolute atomic E-state index is 8.69. The summed E-state index contributed by atoms with van der Waals surface area (Å²) in [5.41, 5.74) is 0. The number of nitrogens with zero attached hydrogens (tertiary/aromatic N) is 1. The van der Waals surface area contributed by atoms with Gasteiger partial charge in [0.2, 0.25) is 0 Å². The van der Waals surface area contributed by atoms with Crippen LogP contribution in [0.5, 0.6) is 0 Å². The van der Waals surface area contributed by atoms with Crippen LogP contribution in [0, 0.1) is 0 Å². The second kappa shape index (κ2) is 19.6. The van der Waals surface area contributed by atoms with Gasteiger partial charge in [0.15, 0.2) is 0 Å². The van der Waals surface area contributed by atoms with E-state index in [1.807, 2.05) is 0 Å². The van der Waals surface area contributed by atoms with Crippen molar-refractivity contribution in [1.82, 2.24) is 0 Å². The summed E-state index contributed by atoms with van der Waals surface area (Å²) in [5, 5.41) is 8.69. The molecule has 126 valence electrons. The van der Waals surface area contributed by atoms with Gasteiger partial charge in [-0.05, 0) is 19.6 Å². The molecule has 21 heavy (non-hydrogen) atoms. The highest BCUT2D eigenvalue weighted by atomic mass is 16.2. The molecule has 2 nitrogen and oxygen atoms in total. The van der Waals surface area contributed by atoms with Crippen molar-refractivity contribution in [3.63, 3.8) is 0 Å². The molecule has 0 aliphatic heterocycles. The van der Waals surface area contributed by atoms with E-state index in [1.165, 1.54) is 96.3 Å². The quantitative estimate of drug-likeness (QED) is 0.247. The Bertz CT molecular complexity index is 194. The first-order valence-corrected chi connectivity index (χ1v) is 9.45. The van der Waals surface area contributed by atoms with Crippen LogP contribution in [0.25, 0.3) is 0 Å². The first kappa shape index (κ1) is 20.6. The zero-order valence-corrected chi connectivity index (χ0v) is 14.3. The van der Waals surface area contributed by atoms with Gasteiger partial charge in [-0.15, -0.1) is 0 Å². The third-order valence-corrected chi connectivity index (χ3v) is 4.22. The smallest absolute Gasteiger partial charge is 0.0431 e. The van der Waals surface area contributed by atoms with E-state index in [2.05, 4.69) is 11.7 Å². The molecular weight excluding hydrogens is 258 g/mol. The van der Waals surface area contributed by atoms with Crippen LogP contribution in [0.1, 0.15) is 103 Å². The molecule has 0 atom stereocenters. The lowest BCUT2D eigenvalue weighted by Crippen LogP contribution is -1.85. The highest BCUT2D eigenvalue weighted by molar-refractivity contribution is 5.22. The fourth-order valence-electron chi connectivity index (χ4n) is 2.81. The largest absolute Gasteiger partial charge is 0.396 e. The summed E-state index contributed by atoms with van der Waals surface area (Å²) in [4.78, 5) is 3.88. The molecule has 0 fully saturated rings. The fourth-order valence-corrected chi connectivity index (χ4v) is 2.81. The normalized spacial score (nSPS) is 10.9. The number of rotatable bonds is 18. The Hall–Kier alpha value is -0.370. The van der Waals surface area contributed by atoms with Gasteiger partial charge in [-0.25, -0.2) is 0 Å². The van der Waals surface area contributed by atoms with E-state index in [-0.39, 0.29) is 0 Å². The second-order valence-corrected chi connectivity index (χ2v) is 6.33. The molecule has 0 saturated carbocycles. The zero-order chi connectivity index (χ0) is 15.4. The molecule has 0 radical (unpaired) electrons. The van der Waals surface area contributed by atoms with Gasteiger partial charge >= 0.3 is 0 Å². The third-order valence-electron chi connectivity index (χ3n) is 4.22. The predicted octanol–water partition coefficient (Wildman–Crippen LogP) is 5.92. The maximum Gasteiger partial charge on any atom is 0.0431 e. The van der Waals surface area contributed by atoms with Gasteiger partial charge in [0.1, 0.15) is 0 Å². The molecule has 0 saturated heterocycles. The molecule has 0 aromatic carbocycles. The lowest BCUT2D eigenvalue weighted by atomic mass is 10.0. The number of unbranched alkanes of at least 4 members (excludes halogenated alkanes) is 15. The molecule has 0 rings (SSSR count). The molecule has 0 aliphatic rings. The Balaban J connectivity index is 2.91. The molecule has 0 amide bonds. The highest BCUT2D eigenvalue weighted by Gasteiger charge is 1.94. The van der Waals surface area contributed by atoms with E-state index in [4.69, 9.17) is 5.11 Å². The molecule has 0 heterocycles. The SMILES string of the molecule is C=NCCCCCCCCCCCCCCCCCCO. The van der Waals surface area contributed by atoms with E-state index in [9.17, 15) is 0 Å². The number of aliphatic hydroxyl groups is 1. The monoisotopic (exact) mass is 297 g/mol. The summed E-state index contributed by atoms with van der Waals surface area (Å²) in [6, 6.07) is 0. The Morgan fingerprint density at radius 3 is 1.05 bits per heavy atom. The topological polar surface area (TPSA) is 32.6 Å². The summed E-state index contributed by atoms with van der Waals surface area (Å²) in [5.74, 6) is 0. The standard InChI is InChI=1S/C19H39NO/c1-20-18-16-14-12-10-8-6-4-2-3-5-7-9-11-13-15-17-19-21/h21H,1-19H2. The van der Waals surface area contributed by atoms with Crippen LogP contribution in [0.3, 0.4) is 0 Å². The lowest BCUT2D eigenvalue weighted by molar-refractivity contribution is 0.282. The summed E-state index contributed by atoms with van der Waals surface area (Å²) in [6.07, 6.45) is 21.6. The molecule has 1 N–H and O–H groups in total. The average molecular weight is 298 g/mol. The molecule has 0 bridgehead atoms. The Morgan fingerprint density at radius 2 is 0.762 bits per heavy atom. The van der Waals surface area contributed by atoms with Crippen LogP contribution in [0.2, 0.25) is 0 Å². The fraction of sp³-hybridized carbons (Fsp3) is 0.947. The second-order valence-electron chi connectivity index (χ2n) is 6.33. The summed E-state index contributed by atoms with van der Waals surface area (Å²) >= 11 is 0. The van der Waals surface area contributed by atoms with E-state index < -0.39 is 0 Å². The van der Waals surface area contributed by atoms with Crippen molar-refractivity contribution in [3.8, 4) is 0 Å². The number of aliphatic imine (C=N–C) groups is 1. The van der Waals surface area contributed by atoms with Crippen molar-refractivity contribution in [2.24, 2.45) is 4.99 Å². The van der Waals surface area contributed by atoms with Gasteiger partial charge in [-0.2, -0.15) is 0 Å². The Labute approximate surface area is 133 Å². The minimum atomic E-state index is 0.367. The van der Waals surface area contributed by atoms with Crippen molar-refractivity contribution in [2.75, 3.05) is 13.2 Å². The number of hydrogen-bond donors (Lipinski definition) is 1. The van der Waals surface area contributed by atoms with Gasteiger partial charge in [-0.3, -0.25) is 0 Å². The van der Waals surface area contributed by atoms with Crippen LogP contribution >= 0.6 is 0 Å². The number of hydrogen-bond acceptors (Lipinski definition) is 2. The molecule has 0 unspecified atom stereocenters. The van der Waals surface area contributed by atoms with Crippen LogP contribution in [-0.2, 0) is 0 Å². The lowest BCUT2D eigenvalue weighted by Gasteiger charge is -2.03. The Morgan fingerprint density at radius 1 is 0.476 bits per heavy atom. The van der Waals surface area contributed by atoms with Crippen LogP contribution in [0.15, 0.2) is 4.99 Å². The Kier molecular flexibility index (Phi) is 19.3. The average Bonchev–Trinajstić information content (AvgIpc) is 2.50. The van der Waals surface area contributed by atoms with E-state index >= 15 is 0 Å². The van der Waals surface area contributed by atoms with Crippen LogP contribution < -0.4 is 0 Å². The minimum absolute atomic E-state index is 0.367. The molecule has 0 aromatic rings. The molecule has 0 spiro atoms. The maximum atomic E-state index is 8.69. The third kappa shape index (κ3) is 19.6. The van der Waals surface area contributed by atoms with Crippen LogP contribution in [-0.4, -0.2) is 25.0 Å². The summed E-state index contributed by atoms with van der Waals surface area (Å²) in [7, 11) is 0. The predicted molar refractivity (Wildman–Crippen MR) is 95.4 cm³/mol. The van der Waals surface area contributed by atoms with Gasteiger partial charge < -0.3 is 10.1 Å². The molecule has 0 aliphatic carbocycles. The van der Waals surface area contributed by atoms with Crippen LogP contribution in [0.4, 0.5) is 0 Å². The van der Waals surface area contributed by atoms with Crippen molar-refractivity contribution in [3.05, 3.63) is 0 Å². The minimum Gasteiger partial charge on any atom is -0.396 e. The van der Waals surface area contributed by atoms with E-state index in [0.717, 1.165) is 13.0 Å². The zero-order valence-electron chi connectivity index (χ0n) is 14.3. The highest BCUT2D eigenvalue weighted by Crippen LogP contribution is 2.13. The van der Waals surface area contributed by atoms with Crippen molar-refractivity contribution in [1.29, 1.82) is 0 Å². The number of aliphatic hydroxyl groups excluding tert-OH is 1. The van der Waals surface area contributed by atoms with Crippen molar-refractivity contribution in [2.45, 2.75) is 103 Å². The summed E-state index contributed by atoms with van der Waals surface area (Å²) < 4.78 is 0. The molecule has 2 heteroatoms. The van der Waals surface area contributed by atoms with Gasteiger partial charge in [-0.1, -0.05) is 89.9 Å². The first-order valence-electron chi connectivity index (χ1n) is 9.45.